The maximum Gasteiger partial charge on any atom is 0.513 e. The van der Waals surface area contributed by atoms with Crippen molar-refractivity contribution in [2.75, 3.05) is 20.8 Å². The van der Waals surface area contributed by atoms with Gasteiger partial charge in [-0.05, 0) is 25.1 Å². The number of rotatable bonds is 7. The molecule has 0 heterocycles. The molecule has 0 saturated carbocycles. The molecule has 0 amide bonds. The predicted molar refractivity (Wildman–Crippen MR) is 68.3 cm³/mol. The van der Waals surface area contributed by atoms with E-state index in [1.54, 1.807) is 6.92 Å². The molecule has 19 heavy (non-hydrogen) atoms. The van der Waals surface area contributed by atoms with E-state index in [1.165, 1.54) is 26.4 Å². The monoisotopic (exact) mass is 277 g/mol. The number of ether oxygens (including phenoxy) is 3. The highest BCUT2D eigenvalue weighted by molar-refractivity contribution is 6.74. The minimum atomic E-state index is -5.15. The van der Waals surface area contributed by atoms with Crippen molar-refractivity contribution in [3.8, 4) is 11.5 Å². The van der Waals surface area contributed by atoms with Crippen LogP contribution in [0.25, 0.3) is 0 Å². The Morgan fingerprint density at radius 1 is 1.21 bits per heavy atom. The molecule has 1 aromatic carbocycles. The smallest absolute Gasteiger partial charge is 0.497 e. The average Bonchev–Trinajstić information content (AvgIpc) is 2.35. The Morgan fingerprint density at radius 3 is 2.42 bits per heavy atom. The molecule has 0 aliphatic heterocycles. The molecule has 0 spiro atoms. The molecule has 3 nitrogen and oxygen atoms in total. The molecule has 0 bridgehead atoms. The fourth-order valence-corrected chi connectivity index (χ4v) is 1.58. The van der Waals surface area contributed by atoms with E-state index in [4.69, 9.17) is 14.2 Å². The van der Waals surface area contributed by atoms with Gasteiger partial charge in [0.05, 0.1) is 19.0 Å². The third-order valence-corrected chi connectivity index (χ3v) is 2.63. The molecule has 1 rings (SSSR count). The SMILES string of the molecule is COCCC(C)Oc1ccc(OC)cc1[B-](F)(F)F. The summed E-state index contributed by atoms with van der Waals surface area (Å²) in [5, 5.41) is 0. The fraction of sp³-hybridized carbons (Fsp3) is 0.500. The van der Waals surface area contributed by atoms with Gasteiger partial charge >= 0.3 is 6.98 Å². The fourth-order valence-electron chi connectivity index (χ4n) is 1.58. The van der Waals surface area contributed by atoms with Crippen LogP contribution in [-0.4, -0.2) is 33.9 Å². The summed E-state index contributed by atoms with van der Waals surface area (Å²) in [6, 6.07) is 3.69. The van der Waals surface area contributed by atoms with Crippen molar-refractivity contribution in [1.29, 1.82) is 0 Å². The molecular formula is C12H17BF3O3-. The van der Waals surface area contributed by atoms with Crippen molar-refractivity contribution in [3.63, 3.8) is 0 Å². The normalized spacial score (nSPS) is 13.2. The Kier molecular flexibility index (Phi) is 5.53. The average molecular weight is 277 g/mol. The highest BCUT2D eigenvalue weighted by Crippen LogP contribution is 2.23. The highest BCUT2D eigenvalue weighted by atomic mass is 19.4. The molecule has 0 saturated heterocycles. The summed E-state index contributed by atoms with van der Waals surface area (Å²) < 4.78 is 53.9. The van der Waals surface area contributed by atoms with Crippen molar-refractivity contribution in [3.05, 3.63) is 18.2 Å². The van der Waals surface area contributed by atoms with Gasteiger partial charge in [0.25, 0.3) is 0 Å². The van der Waals surface area contributed by atoms with Crippen molar-refractivity contribution >= 4 is 12.4 Å². The van der Waals surface area contributed by atoms with Gasteiger partial charge in [0, 0.05) is 20.1 Å². The summed E-state index contributed by atoms with van der Waals surface area (Å²) in [6.07, 6.45) is 0.164. The quantitative estimate of drug-likeness (QED) is 0.717. The van der Waals surface area contributed by atoms with E-state index in [0.717, 1.165) is 6.07 Å². The molecule has 1 unspecified atom stereocenters. The van der Waals surface area contributed by atoms with Crippen LogP contribution in [0.1, 0.15) is 13.3 Å². The Balaban J connectivity index is 2.93. The van der Waals surface area contributed by atoms with Crippen LogP contribution in [0.15, 0.2) is 18.2 Å². The standard InChI is InChI=1S/C12H17BF3O3/c1-9(6-7-17-2)19-12-5-4-10(18-3)8-11(12)13(14,15)16/h4-5,8-9H,6-7H2,1-3H3/q-1. The second-order valence-electron chi connectivity index (χ2n) is 4.19. The van der Waals surface area contributed by atoms with Gasteiger partial charge in [-0.25, -0.2) is 0 Å². The van der Waals surface area contributed by atoms with Crippen LogP contribution in [-0.2, 0) is 4.74 Å². The lowest BCUT2D eigenvalue weighted by Gasteiger charge is -2.23. The molecule has 108 valence electrons. The summed E-state index contributed by atoms with van der Waals surface area (Å²) in [4.78, 5) is 0. The lowest BCUT2D eigenvalue weighted by Crippen LogP contribution is -2.36. The van der Waals surface area contributed by atoms with Crippen LogP contribution in [0.4, 0.5) is 12.9 Å². The zero-order valence-electron chi connectivity index (χ0n) is 11.2. The molecule has 0 aromatic heterocycles. The third-order valence-electron chi connectivity index (χ3n) is 2.63. The molecule has 0 aliphatic carbocycles. The number of methoxy groups -OCH3 is 2. The largest absolute Gasteiger partial charge is 0.513 e. The van der Waals surface area contributed by atoms with Gasteiger partial charge in [-0.2, -0.15) is 0 Å². The van der Waals surface area contributed by atoms with Crippen LogP contribution >= 0.6 is 0 Å². The number of hydrogen-bond acceptors (Lipinski definition) is 3. The maximum atomic E-state index is 13.0. The van der Waals surface area contributed by atoms with E-state index in [0.29, 0.717) is 13.0 Å². The van der Waals surface area contributed by atoms with Crippen LogP contribution in [0.2, 0.25) is 0 Å². The first kappa shape index (κ1) is 15.7. The molecule has 0 radical (unpaired) electrons. The number of halogens is 3. The molecule has 0 N–H and O–H groups in total. The summed E-state index contributed by atoms with van der Waals surface area (Å²) in [6.45, 7) is -3.01. The van der Waals surface area contributed by atoms with Gasteiger partial charge in [-0.15, -0.1) is 0 Å². The second kappa shape index (κ2) is 6.70. The number of benzene rings is 1. The molecule has 1 aromatic rings. The first-order valence-corrected chi connectivity index (χ1v) is 5.92. The van der Waals surface area contributed by atoms with Gasteiger partial charge in [0.15, 0.2) is 0 Å². The third kappa shape index (κ3) is 4.67. The van der Waals surface area contributed by atoms with Gasteiger partial charge < -0.3 is 27.2 Å². The first-order chi connectivity index (χ1) is 8.88. The Hall–Kier alpha value is -1.37. The second-order valence-corrected chi connectivity index (χ2v) is 4.19. The summed E-state index contributed by atoms with van der Waals surface area (Å²) in [5.41, 5.74) is -0.774. The van der Waals surface area contributed by atoms with Crippen LogP contribution in [0.5, 0.6) is 11.5 Å². The molecule has 0 aliphatic rings. The van der Waals surface area contributed by atoms with Gasteiger partial charge in [0.1, 0.15) is 5.75 Å². The van der Waals surface area contributed by atoms with Crippen molar-refractivity contribution < 1.29 is 27.2 Å². The minimum absolute atomic E-state index is 0.158. The van der Waals surface area contributed by atoms with Crippen molar-refractivity contribution in [2.24, 2.45) is 0 Å². The minimum Gasteiger partial charge on any atom is -0.497 e. The zero-order valence-corrected chi connectivity index (χ0v) is 11.2. The highest BCUT2D eigenvalue weighted by Gasteiger charge is 2.30. The Morgan fingerprint density at radius 2 is 1.89 bits per heavy atom. The number of hydrogen-bond donors (Lipinski definition) is 0. The molecular weight excluding hydrogens is 260 g/mol. The summed E-state index contributed by atoms with van der Waals surface area (Å²) >= 11 is 0. The van der Waals surface area contributed by atoms with E-state index >= 15 is 0 Å². The topological polar surface area (TPSA) is 27.7 Å². The lowest BCUT2D eigenvalue weighted by atomic mass is 9.79. The van der Waals surface area contributed by atoms with Gasteiger partial charge in [-0.3, -0.25) is 0 Å². The van der Waals surface area contributed by atoms with Crippen molar-refractivity contribution in [2.45, 2.75) is 19.4 Å². The molecule has 7 heteroatoms. The zero-order chi connectivity index (χ0) is 14.5. The maximum absolute atomic E-state index is 13.0. The van der Waals surface area contributed by atoms with Gasteiger partial charge in [0.2, 0.25) is 0 Å². The van der Waals surface area contributed by atoms with E-state index < -0.39 is 12.4 Å². The Bertz CT molecular complexity index is 410. The van der Waals surface area contributed by atoms with E-state index in [9.17, 15) is 12.9 Å². The molecule has 1 atom stereocenters. The van der Waals surface area contributed by atoms with E-state index in [2.05, 4.69) is 0 Å². The predicted octanol–water partition coefficient (Wildman–Crippen LogP) is 2.55. The van der Waals surface area contributed by atoms with E-state index in [-0.39, 0.29) is 17.6 Å². The first-order valence-electron chi connectivity index (χ1n) is 5.92. The summed E-state index contributed by atoms with van der Waals surface area (Å²) in [7, 11) is 2.86. The Labute approximate surface area is 110 Å². The van der Waals surface area contributed by atoms with E-state index in [1.807, 2.05) is 0 Å². The van der Waals surface area contributed by atoms with Crippen LogP contribution < -0.4 is 14.9 Å². The summed E-state index contributed by atoms with van der Waals surface area (Å²) in [5.74, 6) is -0.0111. The van der Waals surface area contributed by atoms with Crippen LogP contribution in [0, 0.1) is 0 Å². The lowest BCUT2D eigenvalue weighted by molar-refractivity contribution is 0.135. The van der Waals surface area contributed by atoms with Crippen molar-refractivity contribution in [1.82, 2.24) is 0 Å². The van der Waals surface area contributed by atoms with Crippen LogP contribution in [0.3, 0.4) is 0 Å². The van der Waals surface area contributed by atoms with Gasteiger partial charge in [-0.1, -0.05) is 5.46 Å². The molecule has 0 fully saturated rings.